The monoisotopic (exact) mass is 402 g/mol. The molecule has 0 spiro atoms. The number of hydrogen-bond donors (Lipinski definition) is 1. The zero-order chi connectivity index (χ0) is 19.8. The van der Waals surface area contributed by atoms with E-state index in [9.17, 15) is 0 Å². The summed E-state index contributed by atoms with van der Waals surface area (Å²) in [5, 5.41) is 2.03. The van der Waals surface area contributed by atoms with Gasteiger partial charge in [0.2, 0.25) is 0 Å². The van der Waals surface area contributed by atoms with Crippen LogP contribution in [0.1, 0.15) is 28.3 Å². The highest BCUT2D eigenvalue weighted by atomic mass is 35.5. The molecule has 0 saturated carbocycles. The third-order valence-electron chi connectivity index (χ3n) is 5.93. The second-order valence-corrected chi connectivity index (χ2v) is 7.98. The third-order valence-corrected chi connectivity index (χ3v) is 6.30. The molecule has 146 valence electrons. The van der Waals surface area contributed by atoms with Crippen LogP contribution in [0.15, 0.2) is 72.9 Å². The van der Waals surface area contributed by atoms with E-state index >= 15 is 0 Å². The van der Waals surface area contributed by atoms with Gasteiger partial charge in [-0.3, -0.25) is 4.90 Å². The zero-order valence-corrected chi connectivity index (χ0v) is 17.1. The van der Waals surface area contributed by atoms with Crippen LogP contribution in [0.4, 0.5) is 0 Å². The van der Waals surface area contributed by atoms with Crippen LogP contribution in [0.5, 0.6) is 5.75 Å². The molecule has 3 nitrogen and oxygen atoms in total. The van der Waals surface area contributed by atoms with Gasteiger partial charge in [0.15, 0.2) is 0 Å². The molecule has 1 N–H and O–H groups in total. The zero-order valence-electron chi connectivity index (χ0n) is 16.4. The Morgan fingerprint density at radius 3 is 2.72 bits per heavy atom. The van der Waals surface area contributed by atoms with Crippen LogP contribution < -0.4 is 4.74 Å². The molecule has 4 heteroatoms. The maximum atomic E-state index is 6.50. The van der Waals surface area contributed by atoms with Gasteiger partial charge in [0.1, 0.15) is 5.75 Å². The van der Waals surface area contributed by atoms with Crippen molar-refractivity contribution in [2.45, 2.75) is 19.0 Å². The molecule has 3 aromatic carbocycles. The number of H-pyrrole nitrogens is 1. The molecular weight excluding hydrogens is 380 g/mol. The molecule has 1 aliphatic heterocycles. The SMILES string of the molecule is COc1ccc2[nH]cc(C3c4ccccc4CCN3Cc3ccccc3Cl)c2c1. The van der Waals surface area contributed by atoms with Crippen molar-refractivity contribution in [2.24, 2.45) is 0 Å². The lowest BCUT2D eigenvalue weighted by Crippen LogP contribution is -2.35. The number of nitrogens with one attached hydrogen (secondary N) is 1. The first-order chi connectivity index (χ1) is 14.2. The van der Waals surface area contributed by atoms with Gasteiger partial charge in [-0.05, 0) is 52.9 Å². The van der Waals surface area contributed by atoms with E-state index < -0.39 is 0 Å². The molecule has 0 fully saturated rings. The van der Waals surface area contributed by atoms with Crippen molar-refractivity contribution in [3.05, 3.63) is 100 Å². The van der Waals surface area contributed by atoms with E-state index in [2.05, 4.69) is 64.6 Å². The van der Waals surface area contributed by atoms with Gasteiger partial charge < -0.3 is 9.72 Å². The van der Waals surface area contributed by atoms with E-state index in [4.69, 9.17) is 16.3 Å². The first-order valence-electron chi connectivity index (χ1n) is 9.95. The maximum absolute atomic E-state index is 6.50. The van der Waals surface area contributed by atoms with Gasteiger partial charge >= 0.3 is 0 Å². The summed E-state index contributed by atoms with van der Waals surface area (Å²) in [4.78, 5) is 5.99. The van der Waals surface area contributed by atoms with E-state index in [0.717, 1.165) is 41.4 Å². The molecule has 5 rings (SSSR count). The lowest BCUT2D eigenvalue weighted by Gasteiger charge is -2.37. The van der Waals surface area contributed by atoms with Crippen LogP contribution in [0.25, 0.3) is 10.9 Å². The number of methoxy groups -OCH3 is 1. The fourth-order valence-electron chi connectivity index (χ4n) is 4.47. The van der Waals surface area contributed by atoms with Crippen LogP contribution >= 0.6 is 11.6 Å². The summed E-state index contributed by atoms with van der Waals surface area (Å²) in [7, 11) is 1.72. The highest BCUT2D eigenvalue weighted by molar-refractivity contribution is 6.31. The van der Waals surface area contributed by atoms with Crippen LogP contribution in [0.3, 0.4) is 0 Å². The van der Waals surface area contributed by atoms with Crippen molar-refractivity contribution in [3.63, 3.8) is 0 Å². The molecule has 0 bridgehead atoms. The smallest absolute Gasteiger partial charge is 0.119 e. The summed E-state index contributed by atoms with van der Waals surface area (Å²) >= 11 is 6.50. The van der Waals surface area contributed by atoms with Crippen LogP contribution in [0.2, 0.25) is 5.02 Å². The summed E-state index contributed by atoms with van der Waals surface area (Å²) in [6.45, 7) is 1.80. The minimum absolute atomic E-state index is 0.164. The number of benzene rings is 3. The standard InChI is InChI=1S/C25H23ClN2O/c1-29-19-10-11-24-21(14-19)22(15-27-24)25-20-8-4-2-6-17(20)12-13-28(25)16-18-7-3-5-9-23(18)26/h2-11,14-15,25,27H,12-13,16H2,1H3. The maximum Gasteiger partial charge on any atom is 0.119 e. The minimum atomic E-state index is 0.164. The number of halogens is 1. The predicted molar refractivity (Wildman–Crippen MR) is 119 cm³/mol. The number of rotatable bonds is 4. The highest BCUT2D eigenvalue weighted by Gasteiger charge is 2.30. The second-order valence-electron chi connectivity index (χ2n) is 7.57. The molecule has 0 amide bonds. The Bertz CT molecular complexity index is 1170. The topological polar surface area (TPSA) is 28.3 Å². The Morgan fingerprint density at radius 2 is 1.86 bits per heavy atom. The number of fused-ring (bicyclic) bond motifs is 2. The van der Waals surface area contributed by atoms with Gasteiger partial charge in [-0.25, -0.2) is 0 Å². The molecule has 1 unspecified atom stereocenters. The number of nitrogens with zero attached hydrogens (tertiary/aromatic N) is 1. The third kappa shape index (κ3) is 3.31. The lowest BCUT2D eigenvalue weighted by atomic mass is 9.87. The molecule has 1 aromatic heterocycles. The van der Waals surface area contributed by atoms with Crippen molar-refractivity contribution in [1.82, 2.24) is 9.88 Å². The van der Waals surface area contributed by atoms with E-state index in [-0.39, 0.29) is 6.04 Å². The van der Waals surface area contributed by atoms with E-state index in [1.54, 1.807) is 7.11 Å². The summed E-state index contributed by atoms with van der Waals surface area (Å²) in [6.07, 6.45) is 3.19. The summed E-state index contributed by atoms with van der Waals surface area (Å²) in [5.74, 6) is 0.875. The highest BCUT2D eigenvalue weighted by Crippen LogP contribution is 2.40. The molecular formula is C25H23ClN2O. The van der Waals surface area contributed by atoms with Crippen molar-refractivity contribution in [1.29, 1.82) is 0 Å². The Balaban J connectivity index is 1.64. The molecule has 2 heterocycles. The Hall–Kier alpha value is -2.75. The van der Waals surface area contributed by atoms with E-state index in [1.165, 1.54) is 22.1 Å². The van der Waals surface area contributed by atoms with Gasteiger partial charge in [-0.2, -0.15) is 0 Å². The predicted octanol–water partition coefficient (Wildman–Crippen LogP) is 5.98. The first-order valence-corrected chi connectivity index (χ1v) is 10.3. The molecule has 0 radical (unpaired) electrons. The number of ether oxygens (including phenoxy) is 1. The van der Waals surface area contributed by atoms with Crippen molar-refractivity contribution in [2.75, 3.05) is 13.7 Å². The quantitative estimate of drug-likeness (QED) is 0.455. The average Bonchev–Trinajstić information content (AvgIpc) is 3.18. The van der Waals surface area contributed by atoms with Crippen LogP contribution in [-0.4, -0.2) is 23.5 Å². The minimum Gasteiger partial charge on any atom is -0.497 e. The first kappa shape index (κ1) is 18.3. The molecule has 0 saturated heterocycles. The van der Waals surface area contributed by atoms with Gasteiger partial charge in [-0.1, -0.05) is 54.1 Å². The lowest BCUT2D eigenvalue weighted by molar-refractivity contribution is 0.205. The van der Waals surface area contributed by atoms with Gasteiger partial charge in [0.25, 0.3) is 0 Å². The summed E-state index contributed by atoms with van der Waals surface area (Å²) < 4.78 is 5.50. The molecule has 1 aliphatic rings. The Morgan fingerprint density at radius 1 is 1.03 bits per heavy atom. The number of hydrogen-bond acceptors (Lipinski definition) is 2. The molecule has 29 heavy (non-hydrogen) atoms. The fourth-order valence-corrected chi connectivity index (χ4v) is 4.67. The average molecular weight is 403 g/mol. The van der Waals surface area contributed by atoms with E-state index in [1.807, 2.05) is 18.2 Å². The van der Waals surface area contributed by atoms with Crippen molar-refractivity contribution in [3.8, 4) is 5.75 Å². The van der Waals surface area contributed by atoms with Crippen LogP contribution in [0, 0.1) is 0 Å². The number of aromatic nitrogens is 1. The van der Waals surface area contributed by atoms with Crippen molar-refractivity contribution < 1.29 is 4.74 Å². The van der Waals surface area contributed by atoms with E-state index in [0.29, 0.717) is 0 Å². The molecule has 4 aromatic rings. The second kappa shape index (κ2) is 7.58. The van der Waals surface area contributed by atoms with Crippen LogP contribution in [-0.2, 0) is 13.0 Å². The normalized spacial score (nSPS) is 16.7. The summed E-state index contributed by atoms with van der Waals surface area (Å²) in [6, 6.07) is 23.3. The number of aromatic amines is 1. The van der Waals surface area contributed by atoms with Gasteiger partial charge in [0.05, 0.1) is 13.2 Å². The van der Waals surface area contributed by atoms with Gasteiger partial charge in [-0.15, -0.1) is 0 Å². The Labute approximate surface area is 175 Å². The van der Waals surface area contributed by atoms with Gasteiger partial charge in [0, 0.05) is 35.2 Å². The Kier molecular flexibility index (Phi) is 4.78. The molecule has 0 aliphatic carbocycles. The molecule has 1 atom stereocenters. The summed E-state index contributed by atoms with van der Waals surface area (Å²) in [5.41, 5.74) is 6.36. The van der Waals surface area contributed by atoms with Crippen molar-refractivity contribution >= 4 is 22.5 Å². The fraction of sp³-hybridized carbons (Fsp3) is 0.200. The largest absolute Gasteiger partial charge is 0.497 e.